The molecule has 3 aromatic rings. The normalized spacial score (nSPS) is 11.3. The summed E-state index contributed by atoms with van der Waals surface area (Å²) in [5.74, 6) is -0.156. The number of carbonyl (C=O) groups is 1. The van der Waals surface area contributed by atoms with Crippen molar-refractivity contribution < 1.29 is 22.1 Å². The number of nitrogen functional groups attached to an aromatic ring is 1. The average Bonchev–Trinajstić information content (AvgIpc) is 2.76. The maximum Gasteiger partial charge on any atom is 0.339 e. The Bertz CT molecular complexity index is 1270. The van der Waals surface area contributed by atoms with Crippen molar-refractivity contribution in [3.8, 4) is 11.5 Å². The number of hydrazone groups is 1. The van der Waals surface area contributed by atoms with E-state index in [0.29, 0.717) is 22.4 Å². The second-order valence-corrected chi connectivity index (χ2v) is 8.55. The van der Waals surface area contributed by atoms with E-state index < -0.39 is 16.0 Å². The quantitative estimate of drug-likeness (QED) is 0.245. The molecule has 3 aromatic carbocycles. The second-order valence-electron chi connectivity index (χ2n) is 7.04. The highest BCUT2D eigenvalue weighted by atomic mass is 32.2. The molecule has 0 aliphatic heterocycles. The number of hydrogen-bond donors (Lipinski definition) is 2. The van der Waals surface area contributed by atoms with Crippen LogP contribution in [0, 0.1) is 13.8 Å². The van der Waals surface area contributed by atoms with E-state index in [2.05, 4.69) is 10.5 Å². The van der Waals surface area contributed by atoms with Gasteiger partial charge in [0.05, 0.1) is 13.3 Å². The summed E-state index contributed by atoms with van der Waals surface area (Å²) in [5.41, 5.74) is 10.9. The van der Waals surface area contributed by atoms with E-state index in [0.717, 1.165) is 5.56 Å². The van der Waals surface area contributed by atoms with Crippen LogP contribution in [-0.2, 0) is 10.1 Å². The number of nitrogens with two attached hydrogens (primary N) is 1. The molecule has 3 rings (SSSR count). The maximum absolute atomic E-state index is 12.8. The SMILES string of the molecule is COc1cc(/C=N/NC(=O)c2ccc(N)cc2)ccc1OS(=O)(=O)c1cc(C)ccc1C. The van der Waals surface area contributed by atoms with E-state index >= 15 is 0 Å². The van der Waals surface area contributed by atoms with Gasteiger partial charge in [-0.1, -0.05) is 12.1 Å². The number of rotatable bonds is 7. The van der Waals surface area contributed by atoms with Crippen LogP contribution in [0.2, 0.25) is 0 Å². The summed E-state index contributed by atoms with van der Waals surface area (Å²) in [6, 6.07) is 16.1. The van der Waals surface area contributed by atoms with Gasteiger partial charge in [-0.05, 0) is 79.1 Å². The summed E-state index contributed by atoms with van der Waals surface area (Å²) in [6.45, 7) is 3.50. The molecule has 32 heavy (non-hydrogen) atoms. The number of ether oxygens (including phenoxy) is 1. The molecule has 0 unspecified atom stereocenters. The molecule has 0 radical (unpaired) electrons. The van der Waals surface area contributed by atoms with Crippen molar-refractivity contribution in [2.45, 2.75) is 18.7 Å². The first-order valence-corrected chi connectivity index (χ1v) is 11.0. The maximum atomic E-state index is 12.8. The van der Waals surface area contributed by atoms with E-state index in [-0.39, 0.29) is 16.4 Å². The van der Waals surface area contributed by atoms with Crippen molar-refractivity contribution >= 4 is 27.9 Å². The van der Waals surface area contributed by atoms with E-state index in [1.165, 1.54) is 19.4 Å². The Labute approximate surface area is 186 Å². The highest BCUT2D eigenvalue weighted by Gasteiger charge is 2.21. The van der Waals surface area contributed by atoms with Gasteiger partial charge < -0.3 is 14.7 Å². The molecule has 0 aliphatic rings. The van der Waals surface area contributed by atoms with Crippen molar-refractivity contribution in [1.29, 1.82) is 0 Å². The van der Waals surface area contributed by atoms with Crippen molar-refractivity contribution in [3.63, 3.8) is 0 Å². The number of aryl methyl sites for hydroxylation is 2. The number of nitrogens with zero attached hydrogens (tertiary/aromatic N) is 1. The van der Waals surface area contributed by atoms with Crippen LogP contribution in [0.15, 0.2) is 70.7 Å². The number of benzene rings is 3. The van der Waals surface area contributed by atoms with Crippen LogP contribution in [-0.4, -0.2) is 27.6 Å². The lowest BCUT2D eigenvalue weighted by atomic mass is 10.2. The number of carbonyl (C=O) groups excluding carboxylic acids is 1. The fourth-order valence-corrected chi connectivity index (χ4v) is 4.09. The number of anilines is 1. The molecule has 0 saturated heterocycles. The van der Waals surface area contributed by atoms with Gasteiger partial charge in [0.2, 0.25) is 0 Å². The Morgan fingerprint density at radius 1 is 1.00 bits per heavy atom. The summed E-state index contributed by atoms with van der Waals surface area (Å²) in [5, 5.41) is 3.92. The molecule has 0 spiro atoms. The molecule has 1 amide bonds. The lowest BCUT2D eigenvalue weighted by molar-refractivity contribution is 0.0955. The Morgan fingerprint density at radius 3 is 2.41 bits per heavy atom. The Morgan fingerprint density at radius 2 is 1.72 bits per heavy atom. The highest BCUT2D eigenvalue weighted by Crippen LogP contribution is 2.31. The number of amides is 1. The van der Waals surface area contributed by atoms with Crippen LogP contribution in [0.3, 0.4) is 0 Å². The van der Waals surface area contributed by atoms with Gasteiger partial charge in [0, 0.05) is 11.3 Å². The zero-order valence-corrected chi connectivity index (χ0v) is 18.6. The van der Waals surface area contributed by atoms with Crippen LogP contribution < -0.4 is 20.1 Å². The third kappa shape index (κ3) is 5.44. The fraction of sp³-hybridized carbons (Fsp3) is 0.130. The number of nitrogens with one attached hydrogen (secondary N) is 1. The summed E-state index contributed by atoms with van der Waals surface area (Å²) in [7, 11) is -2.65. The van der Waals surface area contributed by atoms with Gasteiger partial charge in [-0.25, -0.2) is 5.43 Å². The summed E-state index contributed by atoms with van der Waals surface area (Å²) >= 11 is 0. The summed E-state index contributed by atoms with van der Waals surface area (Å²) < 4.78 is 36.2. The lowest BCUT2D eigenvalue weighted by Gasteiger charge is -2.13. The van der Waals surface area contributed by atoms with Crippen molar-refractivity contribution in [3.05, 3.63) is 82.9 Å². The van der Waals surface area contributed by atoms with Crippen LogP contribution >= 0.6 is 0 Å². The topological polar surface area (TPSA) is 120 Å². The molecular formula is C23H23N3O5S. The minimum atomic E-state index is -4.05. The first-order chi connectivity index (χ1) is 15.2. The van der Waals surface area contributed by atoms with Crippen LogP contribution in [0.1, 0.15) is 27.0 Å². The molecule has 0 atom stereocenters. The van der Waals surface area contributed by atoms with Gasteiger partial charge in [-0.2, -0.15) is 13.5 Å². The molecule has 3 N–H and O–H groups in total. The van der Waals surface area contributed by atoms with Gasteiger partial charge in [0.15, 0.2) is 11.5 Å². The van der Waals surface area contributed by atoms with Gasteiger partial charge in [-0.15, -0.1) is 0 Å². The van der Waals surface area contributed by atoms with Crippen LogP contribution in [0.4, 0.5) is 5.69 Å². The first-order valence-electron chi connectivity index (χ1n) is 9.58. The molecular weight excluding hydrogens is 430 g/mol. The van der Waals surface area contributed by atoms with Gasteiger partial charge in [-0.3, -0.25) is 4.79 Å². The van der Waals surface area contributed by atoms with Gasteiger partial charge in [0.1, 0.15) is 4.90 Å². The standard InChI is InChI=1S/C23H23N3O5S/c1-15-4-5-16(2)22(12-15)32(28,29)31-20-11-6-17(13-21(20)30-3)14-25-26-23(27)18-7-9-19(24)10-8-18/h4-14H,24H2,1-3H3,(H,26,27)/b25-14+. The zero-order valence-electron chi connectivity index (χ0n) is 17.8. The first kappa shape index (κ1) is 22.8. The molecule has 0 fully saturated rings. The largest absolute Gasteiger partial charge is 0.493 e. The molecule has 0 heterocycles. The molecule has 0 bridgehead atoms. The smallest absolute Gasteiger partial charge is 0.339 e. The van der Waals surface area contributed by atoms with E-state index in [1.54, 1.807) is 62.4 Å². The molecule has 166 valence electrons. The predicted molar refractivity (Wildman–Crippen MR) is 123 cm³/mol. The van der Waals surface area contributed by atoms with Crippen molar-refractivity contribution in [2.75, 3.05) is 12.8 Å². The third-order valence-electron chi connectivity index (χ3n) is 4.55. The third-order valence-corrected chi connectivity index (χ3v) is 5.93. The van der Waals surface area contributed by atoms with Crippen LogP contribution in [0.5, 0.6) is 11.5 Å². The van der Waals surface area contributed by atoms with Crippen LogP contribution in [0.25, 0.3) is 0 Å². The summed E-state index contributed by atoms with van der Waals surface area (Å²) in [4.78, 5) is 12.2. The predicted octanol–water partition coefficient (Wildman–Crippen LogP) is 3.43. The molecule has 8 nitrogen and oxygen atoms in total. The summed E-state index contributed by atoms with van der Waals surface area (Å²) in [6.07, 6.45) is 1.40. The molecule has 9 heteroatoms. The van der Waals surface area contributed by atoms with E-state index in [4.69, 9.17) is 14.7 Å². The van der Waals surface area contributed by atoms with E-state index in [1.807, 2.05) is 6.07 Å². The minimum Gasteiger partial charge on any atom is -0.493 e. The van der Waals surface area contributed by atoms with Crippen molar-refractivity contribution in [1.82, 2.24) is 5.43 Å². The lowest BCUT2D eigenvalue weighted by Crippen LogP contribution is -2.17. The van der Waals surface area contributed by atoms with Crippen molar-refractivity contribution in [2.24, 2.45) is 5.10 Å². The van der Waals surface area contributed by atoms with E-state index in [9.17, 15) is 13.2 Å². The fourth-order valence-electron chi connectivity index (χ4n) is 2.84. The molecule has 0 saturated carbocycles. The Hall–Kier alpha value is -3.85. The minimum absolute atomic E-state index is 0.0384. The second kappa shape index (κ2) is 9.52. The Kier molecular flexibility index (Phi) is 6.79. The monoisotopic (exact) mass is 453 g/mol. The highest BCUT2D eigenvalue weighted by molar-refractivity contribution is 7.87. The number of hydrogen-bond acceptors (Lipinski definition) is 7. The Balaban J connectivity index is 1.75. The molecule has 0 aliphatic carbocycles. The zero-order chi connectivity index (χ0) is 23.3. The molecule has 0 aromatic heterocycles. The van der Waals surface area contributed by atoms with Gasteiger partial charge >= 0.3 is 10.1 Å². The van der Waals surface area contributed by atoms with Gasteiger partial charge in [0.25, 0.3) is 5.91 Å². The number of methoxy groups -OCH3 is 1. The average molecular weight is 454 g/mol.